The molecule has 0 spiro atoms. The summed E-state index contributed by atoms with van der Waals surface area (Å²) in [6, 6.07) is 14.4. The molecule has 0 N–H and O–H groups in total. The summed E-state index contributed by atoms with van der Waals surface area (Å²) in [5, 5.41) is 10.1. The van der Waals surface area contributed by atoms with Crippen LogP contribution in [0.5, 0.6) is 5.75 Å². The first kappa shape index (κ1) is 22.8. The molecule has 0 fully saturated rings. The summed E-state index contributed by atoms with van der Waals surface area (Å²) in [4.78, 5) is 24.6. The van der Waals surface area contributed by atoms with Crippen LogP contribution in [0.2, 0.25) is 0 Å². The van der Waals surface area contributed by atoms with E-state index in [1.807, 2.05) is 28.7 Å². The molecule has 172 valence electrons. The van der Waals surface area contributed by atoms with Gasteiger partial charge in [-0.25, -0.2) is 4.79 Å². The molecule has 0 radical (unpaired) electrons. The molecular formula is C24H26N4O4S. The van der Waals surface area contributed by atoms with E-state index in [4.69, 9.17) is 9.47 Å². The highest BCUT2D eigenvalue weighted by Crippen LogP contribution is 2.22. The van der Waals surface area contributed by atoms with Crippen molar-refractivity contribution in [3.8, 4) is 5.75 Å². The van der Waals surface area contributed by atoms with Crippen LogP contribution in [0.25, 0.3) is 16.7 Å². The summed E-state index contributed by atoms with van der Waals surface area (Å²) >= 11 is 1.52. The highest BCUT2D eigenvalue weighted by molar-refractivity contribution is 7.99. The number of hydrogen-bond acceptors (Lipinski definition) is 7. The number of thioether (sulfide) groups is 1. The molecular weight excluding hydrogens is 440 g/mol. The van der Waals surface area contributed by atoms with Crippen molar-refractivity contribution in [1.82, 2.24) is 19.2 Å². The third kappa shape index (κ3) is 4.88. The van der Waals surface area contributed by atoms with Gasteiger partial charge in [0, 0.05) is 12.3 Å². The van der Waals surface area contributed by atoms with E-state index in [-0.39, 0.29) is 11.5 Å². The summed E-state index contributed by atoms with van der Waals surface area (Å²) in [5.41, 5.74) is 1.23. The zero-order valence-electron chi connectivity index (χ0n) is 18.9. The van der Waals surface area contributed by atoms with Crippen LogP contribution >= 0.6 is 11.8 Å². The molecule has 0 saturated heterocycles. The molecule has 8 nitrogen and oxygen atoms in total. The van der Waals surface area contributed by atoms with E-state index in [0.29, 0.717) is 52.5 Å². The van der Waals surface area contributed by atoms with Gasteiger partial charge in [-0.05, 0) is 48.7 Å². The summed E-state index contributed by atoms with van der Waals surface area (Å²) in [6.45, 7) is 5.31. The van der Waals surface area contributed by atoms with Gasteiger partial charge in [-0.1, -0.05) is 37.7 Å². The number of carbonyl (C=O) groups is 1. The van der Waals surface area contributed by atoms with Gasteiger partial charge in [0.1, 0.15) is 5.75 Å². The van der Waals surface area contributed by atoms with Gasteiger partial charge in [-0.3, -0.25) is 13.8 Å². The monoisotopic (exact) mass is 466 g/mol. The second kappa shape index (κ2) is 10.1. The van der Waals surface area contributed by atoms with Crippen molar-refractivity contribution in [1.29, 1.82) is 0 Å². The Kier molecular flexibility index (Phi) is 6.98. The van der Waals surface area contributed by atoms with Crippen LogP contribution in [0.15, 0.2) is 58.5 Å². The molecule has 2 aromatic heterocycles. The highest BCUT2D eigenvalue weighted by atomic mass is 32.2. The van der Waals surface area contributed by atoms with Gasteiger partial charge in [0.15, 0.2) is 5.16 Å². The smallest absolute Gasteiger partial charge is 0.337 e. The van der Waals surface area contributed by atoms with Crippen LogP contribution in [0.1, 0.15) is 30.6 Å². The van der Waals surface area contributed by atoms with Crippen molar-refractivity contribution in [2.45, 2.75) is 32.0 Å². The average Bonchev–Trinajstić information content (AvgIpc) is 3.25. The second-order valence-corrected chi connectivity index (χ2v) is 9.05. The molecule has 4 rings (SSSR count). The first-order chi connectivity index (χ1) is 16.0. The van der Waals surface area contributed by atoms with E-state index in [2.05, 4.69) is 24.0 Å². The molecule has 0 aliphatic carbocycles. The number of benzene rings is 2. The number of rotatable bonds is 9. The SMILES string of the molecule is COC(=O)c1ccc(OCCSc2nnc3n(CCC(C)C)c(=O)c4ccccc4n23)cc1. The predicted molar refractivity (Wildman–Crippen MR) is 128 cm³/mol. The Balaban J connectivity index is 1.52. The quantitative estimate of drug-likeness (QED) is 0.209. The molecule has 2 heterocycles. The minimum Gasteiger partial charge on any atom is -0.493 e. The fourth-order valence-corrected chi connectivity index (χ4v) is 4.27. The Labute approximate surface area is 195 Å². The maximum atomic E-state index is 13.1. The normalized spacial score (nSPS) is 11.4. The lowest BCUT2D eigenvalue weighted by Gasteiger charge is -2.12. The fraction of sp³-hybridized carbons (Fsp3) is 0.333. The van der Waals surface area contributed by atoms with Crippen molar-refractivity contribution < 1.29 is 14.3 Å². The molecule has 0 amide bonds. The summed E-state index contributed by atoms with van der Waals surface area (Å²) in [7, 11) is 1.35. The van der Waals surface area contributed by atoms with Gasteiger partial charge in [0.25, 0.3) is 5.56 Å². The van der Waals surface area contributed by atoms with Crippen LogP contribution in [0.4, 0.5) is 0 Å². The number of aryl methyl sites for hydroxylation is 1. The maximum absolute atomic E-state index is 13.1. The summed E-state index contributed by atoms with van der Waals surface area (Å²) < 4.78 is 14.2. The Morgan fingerprint density at radius 2 is 1.85 bits per heavy atom. The number of fused-ring (bicyclic) bond motifs is 3. The molecule has 2 aromatic carbocycles. The van der Waals surface area contributed by atoms with Gasteiger partial charge >= 0.3 is 5.97 Å². The van der Waals surface area contributed by atoms with E-state index >= 15 is 0 Å². The number of ether oxygens (including phenoxy) is 2. The van der Waals surface area contributed by atoms with Crippen molar-refractivity contribution >= 4 is 34.4 Å². The number of carbonyl (C=O) groups excluding carboxylic acids is 1. The lowest BCUT2D eigenvalue weighted by Crippen LogP contribution is -2.24. The lowest BCUT2D eigenvalue weighted by atomic mass is 10.1. The van der Waals surface area contributed by atoms with Crippen molar-refractivity contribution in [2.75, 3.05) is 19.5 Å². The largest absolute Gasteiger partial charge is 0.493 e. The molecule has 0 unspecified atom stereocenters. The number of methoxy groups -OCH3 is 1. The number of para-hydroxylation sites is 1. The molecule has 0 aliphatic heterocycles. The van der Waals surface area contributed by atoms with E-state index < -0.39 is 0 Å². The van der Waals surface area contributed by atoms with Gasteiger partial charge in [0.05, 0.1) is 30.2 Å². The van der Waals surface area contributed by atoms with Gasteiger partial charge in [0.2, 0.25) is 5.78 Å². The number of aromatic nitrogens is 4. The minimum absolute atomic E-state index is 0.0403. The number of nitrogens with zero attached hydrogens (tertiary/aromatic N) is 4. The van der Waals surface area contributed by atoms with Crippen molar-refractivity contribution in [2.24, 2.45) is 5.92 Å². The fourth-order valence-electron chi connectivity index (χ4n) is 3.51. The Morgan fingerprint density at radius 3 is 2.58 bits per heavy atom. The number of hydrogen-bond donors (Lipinski definition) is 0. The summed E-state index contributed by atoms with van der Waals surface area (Å²) in [6.07, 6.45) is 0.881. The molecule has 4 aromatic rings. The maximum Gasteiger partial charge on any atom is 0.337 e. The number of esters is 1. The molecule has 0 aliphatic rings. The topological polar surface area (TPSA) is 87.7 Å². The zero-order valence-corrected chi connectivity index (χ0v) is 19.7. The predicted octanol–water partition coefficient (Wildman–Crippen LogP) is 4.05. The van der Waals surface area contributed by atoms with Crippen molar-refractivity contribution in [3.05, 3.63) is 64.4 Å². The van der Waals surface area contributed by atoms with E-state index in [9.17, 15) is 9.59 Å². The molecule has 9 heteroatoms. The Morgan fingerprint density at radius 1 is 1.09 bits per heavy atom. The first-order valence-electron chi connectivity index (χ1n) is 10.8. The van der Waals surface area contributed by atoms with Gasteiger partial charge in [-0.2, -0.15) is 0 Å². The van der Waals surface area contributed by atoms with Crippen LogP contribution in [-0.2, 0) is 11.3 Å². The minimum atomic E-state index is -0.380. The average molecular weight is 467 g/mol. The second-order valence-electron chi connectivity index (χ2n) is 7.99. The van der Waals surface area contributed by atoms with Crippen molar-refractivity contribution in [3.63, 3.8) is 0 Å². The molecule has 0 saturated carbocycles. The van der Waals surface area contributed by atoms with E-state index in [0.717, 1.165) is 11.9 Å². The highest BCUT2D eigenvalue weighted by Gasteiger charge is 2.17. The standard InChI is InChI=1S/C24H26N4O4S/c1-16(2)12-13-27-21(29)19-6-4-5-7-20(19)28-23(27)25-26-24(28)33-15-14-32-18-10-8-17(9-11-18)22(30)31-3/h4-11,16H,12-15H2,1-3H3. The van der Waals surface area contributed by atoms with E-state index in [1.54, 1.807) is 28.8 Å². The summed E-state index contributed by atoms with van der Waals surface area (Å²) in [5.74, 6) is 1.95. The lowest BCUT2D eigenvalue weighted by molar-refractivity contribution is 0.0600. The third-order valence-electron chi connectivity index (χ3n) is 5.27. The molecule has 0 bridgehead atoms. The molecule has 0 atom stereocenters. The van der Waals surface area contributed by atoms with Crippen LogP contribution in [0.3, 0.4) is 0 Å². The van der Waals surface area contributed by atoms with Crippen LogP contribution in [0, 0.1) is 5.92 Å². The molecule has 33 heavy (non-hydrogen) atoms. The van der Waals surface area contributed by atoms with E-state index in [1.165, 1.54) is 18.9 Å². The first-order valence-corrected chi connectivity index (χ1v) is 11.8. The van der Waals surface area contributed by atoms with Crippen LogP contribution < -0.4 is 10.3 Å². The Bertz CT molecular complexity index is 1330. The van der Waals surface area contributed by atoms with Gasteiger partial charge < -0.3 is 9.47 Å². The van der Waals surface area contributed by atoms with Gasteiger partial charge in [-0.15, -0.1) is 10.2 Å². The van der Waals surface area contributed by atoms with Crippen LogP contribution in [-0.4, -0.2) is 44.6 Å². The third-order valence-corrected chi connectivity index (χ3v) is 6.16. The Hall–Kier alpha value is -3.33. The zero-order chi connectivity index (χ0) is 23.4.